The Morgan fingerprint density at radius 2 is 0.825 bits per heavy atom. The fourth-order valence-corrected chi connectivity index (χ4v) is 9.88. The van der Waals surface area contributed by atoms with Crippen LogP contribution in [0.2, 0.25) is 0 Å². The minimum atomic E-state index is 1.15. The van der Waals surface area contributed by atoms with E-state index < -0.39 is 0 Å². The number of hydrogen-bond donors (Lipinski definition) is 0. The molecule has 202 valence electrons. The lowest BCUT2D eigenvalue weighted by Gasteiger charge is -2.00. The highest BCUT2D eigenvalue weighted by Crippen LogP contribution is 2.47. The van der Waals surface area contributed by atoms with Crippen molar-refractivity contribution in [2.45, 2.75) is 52.4 Å². The van der Waals surface area contributed by atoms with Gasteiger partial charge in [-0.15, -0.1) is 45.3 Å². The second-order valence-corrected chi connectivity index (χ2v) is 14.5. The first-order valence-corrected chi connectivity index (χ1v) is 17.6. The minimum Gasteiger partial charge on any atom is -0.134 e. The number of aryl methyl sites for hydroxylation is 2. The van der Waals surface area contributed by atoms with Crippen LogP contribution < -0.4 is 0 Å². The van der Waals surface area contributed by atoms with Gasteiger partial charge >= 0.3 is 0 Å². The molecule has 0 saturated carbocycles. The Kier molecular flexibility index (Phi) is 8.79. The molecule has 6 rings (SSSR count). The minimum absolute atomic E-state index is 1.15. The van der Waals surface area contributed by atoms with Gasteiger partial charge in [-0.05, 0) is 84.3 Å². The molecular formula is C36H34S4. The standard InChI is InChI=1S/C36H34S4/c1-3-5-13-27-23-33(25-15-9-7-10-16-25)39-35(27)31-21-19-29(37-31)30-20-22-32(38-30)36-28(14-6-4-2)24-34(40-36)26-17-11-8-12-18-26/h7-12,15-24H,3-6,13-14H2,1-2H3. The summed E-state index contributed by atoms with van der Waals surface area (Å²) in [4.78, 5) is 11.2. The smallest absolute Gasteiger partial charge is 0.0481 e. The zero-order chi connectivity index (χ0) is 27.3. The van der Waals surface area contributed by atoms with Crippen molar-refractivity contribution in [3.63, 3.8) is 0 Å². The summed E-state index contributed by atoms with van der Waals surface area (Å²) in [7, 11) is 0. The van der Waals surface area contributed by atoms with E-state index in [4.69, 9.17) is 0 Å². The van der Waals surface area contributed by atoms with Crippen LogP contribution in [0.5, 0.6) is 0 Å². The monoisotopic (exact) mass is 594 g/mol. The van der Waals surface area contributed by atoms with E-state index >= 15 is 0 Å². The molecule has 0 unspecified atom stereocenters. The third-order valence-corrected chi connectivity index (χ3v) is 12.4. The third-order valence-electron chi connectivity index (χ3n) is 7.24. The maximum Gasteiger partial charge on any atom is 0.0481 e. The van der Waals surface area contributed by atoms with Crippen LogP contribution in [0.25, 0.3) is 50.1 Å². The lowest BCUT2D eigenvalue weighted by Crippen LogP contribution is -1.83. The number of rotatable bonds is 11. The Hall–Kier alpha value is -2.76. The predicted molar refractivity (Wildman–Crippen MR) is 182 cm³/mol. The van der Waals surface area contributed by atoms with Crippen LogP contribution in [0.15, 0.2) is 97.1 Å². The van der Waals surface area contributed by atoms with E-state index in [0.717, 1.165) is 12.8 Å². The summed E-state index contributed by atoms with van der Waals surface area (Å²) in [5.41, 5.74) is 5.64. The fraction of sp³-hybridized carbons (Fsp3) is 0.222. The van der Waals surface area contributed by atoms with Crippen molar-refractivity contribution in [2.75, 3.05) is 0 Å². The van der Waals surface area contributed by atoms with Gasteiger partial charge in [-0.25, -0.2) is 0 Å². The van der Waals surface area contributed by atoms with Gasteiger partial charge in [0, 0.05) is 39.0 Å². The van der Waals surface area contributed by atoms with Crippen molar-refractivity contribution < 1.29 is 0 Å². The zero-order valence-electron chi connectivity index (χ0n) is 23.1. The average Bonchev–Trinajstić information content (AvgIpc) is 3.81. The second-order valence-electron chi connectivity index (χ2n) is 10.2. The molecule has 0 bridgehead atoms. The van der Waals surface area contributed by atoms with Crippen molar-refractivity contribution in [2.24, 2.45) is 0 Å². The van der Waals surface area contributed by atoms with Crippen LogP contribution in [-0.4, -0.2) is 0 Å². The quantitative estimate of drug-likeness (QED) is 0.140. The molecule has 0 atom stereocenters. The van der Waals surface area contributed by atoms with Gasteiger partial charge in [0.25, 0.3) is 0 Å². The highest BCUT2D eigenvalue weighted by Gasteiger charge is 2.18. The van der Waals surface area contributed by atoms with Crippen molar-refractivity contribution in [1.29, 1.82) is 0 Å². The van der Waals surface area contributed by atoms with Crippen LogP contribution in [-0.2, 0) is 12.8 Å². The molecule has 0 nitrogen and oxygen atoms in total. The van der Waals surface area contributed by atoms with Gasteiger partial charge in [0.1, 0.15) is 0 Å². The molecule has 2 aromatic carbocycles. The van der Waals surface area contributed by atoms with E-state index in [0.29, 0.717) is 0 Å². The first kappa shape index (κ1) is 27.4. The normalized spacial score (nSPS) is 11.3. The van der Waals surface area contributed by atoms with Gasteiger partial charge in [0.15, 0.2) is 0 Å². The molecule has 0 amide bonds. The molecule has 0 saturated heterocycles. The summed E-state index contributed by atoms with van der Waals surface area (Å²) in [5, 5.41) is 0. The Balaban J connectivity index is 1.31. The topological polar surface area (TPSA) is 0 Å². The lowest BCUT2D eigenvalue weighted by molar-refractivity contribution is 0.798. The molecular weight excluding hydrogens is 561 g/mol. The van der Waals surface area contributed by atoms with Gasteiger partial charge in [-0.3, -0.25) is 0 Å². The van der Waals surface area contributed by atoms with Gasteiger partial charge in [0.05, 0.1) is 0 Å². The molecule has 6 aromatic rings. The van der Waals surface area contributed by atoms with E-state index in [2.05, 4.69) is 111 Å². The van der Waals surface area contributed by atoms with Crippen LogP contribution in [0.4, 0.5) is 0 Å². The van der Waals surface area contributed by atoms with Crippen LogP contribution in [0.3, 0.4) is 0 Å². The number of benzene rings is 2. The summed E-state index contributed by atoms with van der Waals surface area (Å²) < 4.78 is 0. The molecule has 4 heterocycles. The summed E-state index contributed by atoms with van der Waals surface area (Å²) in [6.07, 6.45) is 7.20. The van der Waals surface area contributed by atoms with Crippen molar-refractivity contribution in [1.82, 2.24) is 0 Å². The predicted octanol–water partition coefficient (Wildman–Crippen LogP) is 13.0. The number of unbranched alkanes of at least 4 members (excludes halogenated alkanes) is 2. The van der Waals surface area contributed by atoms with Crippen LogP contribution in [0.1, 0.15) is 50.7 Å². The molecule has 0 aliphatic carbocycles. The molecule has 40 heavy (non-hydrogen) atoms. The molecule has 0 aliphatic heterocycles. The molecule has 4 aromatic heterocycles. The SMILES string of the molecule is CCCCc1cc(-c2ccccc2)sc1-c1ccc(-c2ccc(-c3sc(-c4ccccc4)cc3CCCC)s2)s1. The molecule has 0 N–H and O–H groups in total. The average molecular weight is 595 g/mol. The second kappa shape index (κ2) is 12.8. The molecule has 0 fully saturated rings. The Morgan fingerprint density at radius 1 is 0.425 bits per heavy atom. The molecule has 0 radical (unpaired) electrons. The maximum absolute atomic E-state index is 2.44. The highest BCUT2D eigenvalue weighted by molar-refractivity contribution is 7.29. The van der Waals surface area contributed by atoms with Gasteiger partial charge in [0.2, 0.25) is 0 Å². The summed E-state index contributed by atoms with van der Waals surface area (Å²) in [6.45, 7) is 4.57. The third kappa shape index (κ3) is 5.96. The van der Waals surface area contributed by atoms with E-state index in [-0.39, 0.29) is 0 Å². The van der Waals surface area contributed by atoms with E-state index in [1.807, 2.05) is 45.3 Å². The van der Waals surface area contributed by atoms with E-state index in [9.17, 15) is 0 Å². The van der Waals surface area contributed by atoms with Gasteiger partial charge in [-0.2, -0.15) is 0 Å². The Labute approximate surface area is 254 Å². The zero-order valence-corrected chi connectivity index (χ0v) is 26.4. The molecule has 0 aliphatic rings. The van der Waals surface area contributed by atoms with Crippen molar-refractivity contribution in [3.8, 4) is 50.1 Å². The van der Waals surface area contributed by atoms with Gasteiger partial charge in [-0.1, -0.05) is 87.4 Å². The number of thiophene rings is 4. The number of hydrogen-bond acceptors (Lipinski definition) is 4. The summed E-state index contributed by atoms with van der Waals surface area (Å²) >= 11 is 7.80. The summed E-state index contributed by atoms with van der Waals surface area (Å²) in [5.74, 6) is 0. The first-order valence-electron chi connectivity index (χ1n) is 14.3. The van der Waals surface area contributed by atoms with Crippen LogP contribution in [0, 0.1) is 0 Å². The lowest BCUT2D eigenvalue weighted by atomic mass is 10.1. The Bertz CT molecular complexity index is 1530. The van der Waals surface area contributed by atoms with E-state index in [1.165, 1.54) is 87.0 Å². The molecule has 0 spiro atoms. The van der Waals surface area contributed by atoms with Crippen molar-refractivity contribution in [3.05, 3.63) is 108 Å². The Morgan fingerprint density at radius 3 is 1.23 bits per heavy atom. The molecule has 4 heteroatoms. The maximum atomic E-state index is 2.44. The van der Waals surface area contributed by atoms with Crippen LogP contribution >= 0.6 is 45.3 Å². The highest BCUT2D eigenvalue weighted by atomic mass is 32.1. The largest absolute Gasteiger partial charge is 0.134 e. The fourth-order valence-electron chi connectivity index (χ4n) is 5.05. The van der Waals surface area contributed by atoms with Gasteiger partial charge < -0.3 is 0 Å². The van der Waals surface area contributed by atoms with E-state index in [1.54, 1.807) is 0 Å². The van der Waals surface area contributed by atoms with Crippen molar-refractivity contribution >= 4 is 45.3 Å². The first-order chi connectivity index (χ1) is 19.7. The summed E-state index contributed by atoms with van der Waals surface area (Å²) in [6, 6.07) is 35.9.